The predicted molar refractivity (Wildman–Crippen MR) is 31.4 cm³/mol. The topological polar surface area (TPSA) is 3.01 Å². The van der Waals surface area contributed by atoms with Crippen LogP contribution in [0.25, 0.3) is 0 Å². The van der Waals surface area contributed by atoms with E-state index in [0.29, 0.717) is 6.04 Å². The molecular weight excluding hydrogens is 105 g/mol. The molecule has 0 aromatic rings. The second-order valence-corrected chi connectivity index (χ2v) is 2.33. The molecule has 1 nitrogen and oxygen atoms in total. The zero-order valence-corrected chi connectivity index (χ0v) is 5.39. The third-order valence-corrected chi connectivity index (χ3v) is 1.69. The van der Waals surface area contributed by atoms with Crippen molar-refractivity contribution in [2.75, 3.05) is 6.54 Å². The van der Waals surface area contributed by atoms with E-state index in [4.69, 9.17) is 0 Å². The predicted octanol–water partition coefficient (Wildman–Crippen LogP) is 1.40. The largest absolute Gasteiger partial charge is 0.268 e. The molecule has 0 spiro atoms. The van der Waals surface area contributed by atoms with Crippen molar-refractivity contribution < 1.29 is 4.39 Å². The van der Waals surface area contributed by atoms with Crippen LogP contribution < -0.4 is 0 Å². The SMILES string of the molecule is CCC1CN1C(C)F. The van der Waals surface area contributed by atoms with Crippen molar-refractivity contribution in [1.29, 1.82) is 0 Å². The Balaban J connectivity index is 2.16. The van der Waals surface area contributed by atoms with Gasteiger partial charge in [0.15, 0.2) is 6.30 Å². The highest BCUT2D eigenvalue weighted by Crippen LogP contribution is 2.23. The molecule has 0 aromatic carbocycles. The van der Waals surface area contributed by atoms with E-state index >= 15 is 0 Å². The van der Waals surface area contributed by atoms with Gasteiger partial charge in [-0.15, -0.1) is 0 Å². The summed E-state index contributed by atoms with van der Waals surface area (Å²) in [6, 6.07) is 0.551. The molecule has 2 heteroatoms. The van der Waals surface area contributed by atoms with Crippen molar-refractivity contribution in [1.82, 2.24) is 4.90 Å². The summed E-state index contributed by atoms with van der Waals surface area (Å²) in [7, 11) is 0. The van der Waals surface area contributed by atoms with E-state index in [-0.39, 0.29) is 0 Å². The Bertz CT molecular complexity index is 82.6. The van der Waals surface area contributed by atoms with Gasteiger partial charge in [0.25, 0.3) is 0 Å². The molecule has 1 fully saturated rings. The van der Waals surface area contributed by atoms with Crippen LogP contribution in [0.4, 0.5) is 4.39 Å². The van der Waals surface area contributed by atoms with E-state index in [0.717, 1.165) is 13.0 Å². The van der Waals surface area contributed by atoms with Gasteiger partial charge in [-0.1, -0.05) is 6.92 Å². The normalized spacial score (nSPS) is 39.4. The van der Waals surface area contributed by atoms with Crippen molar-refractivity contribution in [3.05, 3.63) is 0 Å². The van der Waals surface area contributed by atoms with Crippen LogP contribution in [0.1, 0.15) is 20.3 Å². The molecular formula is C6H12FN. The van der Waals surface area contributed by atoms with Crippen LogP contribution in [0, 0.1) is 0 Å². The van der Waals surface area contributed by atoms with Gasteiger partial charge in [-0.2, -0.15) is 0 Å². The lowest BCUT2D eigenvalue weighted by Crippen LogP contribution is -2.09. The number of hydrogen-bond acceptors (Lipinski definition) is 1. The molecule has 8 heavy (non-hydrogen) atoms. The molecule has 3 atom stereocenters. The molecule has 0 saturated carbocycles. The van der Waals surface area contributed by atoms with E-state index < -0.39 is 6.30 Å². The van der Waals surface area contributed by atoms with E-state index in [1.807, 2.05) is 4.90 Å². The van der Waals surface area contributed by atoms with Gasteiger partial charge >= 0.3 is 0 Å². The first-order valence-electron chi connectivity index (χ1n) is 3.15. The molecule has 3 unspecified atom stereocenters. The Morgan fingerprint density at radius 1 is 1.88 bits per heavy atom. The third kappa shape index (κ3) is 0.996. The second-order valence-electron chi connectivity index (χ2n) is 2.33. The van der Waals surface area contributed by atoms with Crippen LogP contribution in [-0.4, -0.2) is 23.8 Å². The minimum atomic E-state index is -0.722. The molecule has 0 radical (unpaired) electrons. The molecule has 0 aliphatic carbocycles. The highest BCUT2D eigenvalue weighted by molar-refractivity contribution is 4.88. The Labute approximate surface area is 49.5 Å². The maximum absolute atomic E-state index is 12.2. The van der Waals surface area contributed by atoms with Crippen molar-refractivity contribution in [2.45, 2.75) is 32.6 Å². The highest BCUT2D eigenvalue weighted by Gasteiger charge is 2.35. The monoisotopic (exact) mass is 117 g/mol. The van der Waals surface area contributed by atoms with Crippen LogP contribution >= 0.6 is 0 Å². The lowest BCUT2D eigenvalue weighted by molar-refractivity contribution is 0.204. The van der Waals surface area contributed by atoms with Gasteiger partial charge in [0.1, 0.15) is 0 Å². The summed E-state index contributed by atoms with van der Waals surface area (Å²) in [6.45, 7) is 4.65. The van der Waals surface area contributed by atoms with Crippen molar-refractivity contribution in [2.24, 2.45) is 0 Å². The zero-order valence-electron chi connectivity index (χ0n) is 5.39. The van der Waals surface area contributed by atoms with Gasteiger partial charge in [-0.3, -0.25) is 4.90 Å². The van der Waals surface area contributed by atoms with Gasteiger partial charge in [-0.25, -0.2) is 4.39 Å². The molecule has 1 aliphatic heterocycles. The van der Waals surface area contributed by atoms with E-state index in [9.17, 15) is 4.39 Å². The molecule has 1 saturated heterocycles. The van der Waals surface area contributed by atoms with Gasteiger partial charge in [0.2, 0.25) is 0 Å². The molecule has 1 rings (SSSR count). The fourth-order valence-corrected chi connectivity index (χ4v) is 0.996. The van der Waals surface area contributed by atoms with Crippen LogP contribution in [0.2, 0.25) is 0 Å². The lowest BCUT2D eigenvalue weighted by atomic mass is 10.4. The molecule has 0 bridgehead atoms. The van der Waals surface area contributed by atoms with Crippen LogP contribution in [-0.2, 0) is 0 Å². The molecule has 1 aliphatic rings. The Kier molecular flexibility index (Phi) is 1.52. The Morgan fingerprint density at radius 2 is 2.50 bits per heavy atom. The number of nitrogens with zero attached hydrogens (tertiary/aromatic N) is 1. The van der Waals surface area contributed by atoms with Gasteiger partial charge in [-0.05, 0) is 13.3 Å². The second kappa shape index (κ2) is 2.02. The van der Waals surface area contributed by atoms with Crippen molar-refractivity contribution in [3.63, 3.8) is 0 Å². The van der Waals surface area contributed by atoms with E-state index in [2.05, 4.69) is 6.92 Å². The smallest absolute Gasteiger partial charge is 0.151 e. The maximum atomic E-state index is 12.2. The van der Waals surface area contributed by atoms with E-state index in [1.54, 1.807) is 6.92 Å². The lowest BCUT2D eigenvalue weighted by Gasteiger charge is -2.00. The fourth-order valence-electron chi connectivity index (χ4n) is 0.996. The van der Waals surface area contributed by atoms with Gasteiger partial charge in [0.05, 0.1) is 0 Å². The number of hydrogen-bond donors (Lipinski definition) is 0. The Hall–Kier alpha value is -0.110. The maximum Gasteiger partial charge on any atom is 0.151 e. The number of rotatable bonds is 2. The van der Waals surface area contributed by atoms with E-state index in [1.165, 1.54) is 0 Å². The fraction of sp³-hybridized carbons (Fsp3) is 1.00. The number of halogens is 1. The first-order valence-corrected chi connectivity index (χ1v) is 3.15. The summed E-state index contributed by atoms with van der Waals surface area (Å²) in [6.07, 6.45) is 0.369. The summed E-state index contributed by atoms with van der Waals surface area (Å²) in [5, 5.41) is 0. The molecule has 1 heterocycles. The third-order valence-electron chi connectivity index (χ3n) is 1.69. The summed E-state index contributed by atoms with van der Waals surface area (Å²) in [5.74, 6) is 0. The highest BCUT2D eigenvalue weighted by atomic mass is 19.1. The number of alkyl halides is 1. The van der Waals surface area contributed by atoms with Gasteiger partial charge in [0, 0.05) is 12.6 Å². The average Bonchev–Trinajstić information content (AvgIpc) is 2.42. The van der Waals surface area contributed by atoms with Crippen molar-refractivity contribution in [3.8, 4) is 0 Å². The van der Waals surface area contributed by atoms with Crippen LogP contribution in [0.3, 0.4) is 0 Å². The first-order chi connectivity index (χ1) is 3.75. The quantitative estimate of drug-likeness (QED) is 0.390. The standard InChI is InChI=1S/C6H12FN/c1-3-6-4-8(6)5(2)7/h5-6H,3-4H2,1-2H3. The molecule has 0 aromatic heterocycles. The molecule has 0 N–H and O–H groups in total. The summed E-state index contributed by atoms with van der Waals surface area (Å²) < 4.78 is 12.2. The minimum Gasteiger partial charge on any atom is -0.268 e. The zero-order chi connectivity index (χ0) is 6.15. The first kappa shape index (κ1) is 6.02. The summed E-state index contributed by atoms with van der Waals surface area (Å²) >= 11 is 0. The summed E-state index contributed by atoms with van der Waals surface area (Å²) in [5.41, 5.74) is 0. The average molecular weight is 117 g/mol. The minimum absolute atomic E-state index is 0.551. The van der Waals surface area contributed by atoms with Crippen LogP contribution in [0.15, 0.2) is 0 Å². The summed E-state index contributed by atoms with van der Waals surface area (Å²) in [4.78, 5) is 1.85. The van der Waals surface area contributed by atoms with Gasteiger partial charge < -0.3 is 0 Å². The molecule has 48 valence electrons. The van der Waals surface area contributed by atoms with Crippen LogP contribution in [0.5, 0.6) is 0 Å². The Morgan fingerprint density at radius 3 is 2.62 bits per heavy atom. The van der Waals surface area contributed by atoms with Crippen molar-refractivity contribution >= 4 is 0 Å². The molecule has 0 amide bonds.